The van der Waals surface area contributed by atoms with Gasteiger partial charge in [-0.3, -0.25) is 0 Å². The number of nitrogens with zero attached hydrogens (tertiary/aromatic N) is 1. The summed E-state index contributed by atoms with van der Waals surface area (Å²) >= 11 is 0. The molecule has 0 radical (unpaired) electrons. The van der Waals surface area contributed by atoms with Crippen molar-refractivity contribution < 1.29 is 5.11 Å². The van der Waals surface area contributed by atoms with Crippen LogP contribution in [0.3, 0.4) is 0 Å². The standard InChI is InChI=1S/C23H35NO.ClH/c25-23(21-7-3-1-4-8-21,22-9-5-2-6-10-22)15-16-24-17-19-11-12-20(18-24)14-13-19;/h1,3-4,7-8,19-20,22,25H,2,5-6,9-18H2;1H. The minimum absolute atomic E-state index is 0. The van der Waals surface area contributed by atoms with E-state index in [-0.39, 0.29) is 12.4 Å². The van der Waals surface area contributed by atoms with E-state index in [1.54, 1.807) is 0 Å². The van der Waals surface area contributed by atoms with Crippen LogP contribution < -0.4 is 0 Å². The molecular formula is C23H36ClNO. The van der Waals surface area contributed by atoms with Crippen molar-refractivity contribution >= 4 is 12.4 Å². The Balaban J connectivity index is 0.00000196. The second kappa shape index (κ2) is 9.08. The lowest BCUT2D eigenvalue weighted by atomic mass is 9.71. The van der Waals surface area contributed by atoms with Gasteiger partial charge in [-0.15, -0.1) is 12.4 Å². The SMILES string of the molecule is Cl.OC(CCN1CC2CCC(CC2)C1)(c1ccccc1)C1CCCCC1. The van der Waals surface area contributed by atoms with Crippen molar-refractivity contribution in [2.24, 2.45) is 17.8 Å². The average Bonchev–Trinajstić information content (AvgIpc) is 3.00. The smallest absolute Gasteiger partial charge is 0.0936 e. The molecule has 146 valence electrons. The van der Waals surface area contributed by atoms with Crippen LogP contribution in [-0.4, -0.2) is 29.6 Å². The van der Waals surface area contributed by atoms with E-state index >= 15 is 0 Å². The van der Waals surface area contributed by atoms with Gasteiger partial charge in [0.1, 0.15) is 0 Å². The zero-order valence-electron chi connectivity index (χ0n) is 16.1. The first-order chi connectivity index (χ1) is 12.2. The monoisotopic (exact) mass is 377 g/mol. The van der Waals surface area contributed by atoms with Gasteiger partial charge in [-0.1, -0.05) is 49.6 Å². The molecule has 1 aromatic carbocycles. The molecule has 0 spiro atoms. The summed E-state index contributed by atoms with van der Waals surface area (Å²) in [6.07, 6.45) is 12.9. The molecule has 2 aliphatic heterocycles. The van der Waals surface area contributed by atoms with Crippen LogP contribution in [0.5, 0.6) is 0 Å². The molecule has 0 amide bonds. The second-order valence-corrected chi connectivity index (χ2v) is 9.02. The summed E-state index contributed by atoms with van der Waals surface area (Å²) in [5.41, 5.74) is 0.521. The van der Waals surface area contributed by atoms with Crippen LogP contribution in [0, 0.1) is 17.8 Å². The molecule has 2 aliphatic carbocycles. The molecule has 0 aromatic heterocycles. The second-order valence-electron chi connectivity index (χ2n) is 9.02. The van der Waals surface area contributed by atoms with E-state index in [9.17, 15) is 5.11 Å². The van der Waals surface area contributed by atoms with Crippen molar-refractivity contribution in [2.45, 2.75) is 69.8 Å². The molecule has 5 rings (SSSR count). The maximum atomic E-state index is 11.8. The summed E-state index contributed by atoms with van der Waals surface area (Å²) in [6.45, 7) is 3.60. The normalized spacial score (nSPS) is 29.6. The van der Waals surface area contributed by atoms with Crippen LogP contribution in [0.25, 0.3) is 0 Å². The van der Waals surface area contributed by atoms with Gasteiger partial charge in [-0.05, 0) is 68.3 Å². The summed E-state index contributed by atoms with van der Waals surface area (Å²) in [5, 5.41) is 11.8. The quantitative estimate of drug-likeness (QED) is 0.743. The molecule has 1 atom stereocenters. The Kier molecular flexibility index (Phi) is 7.05. The number of rotatable bonds is 5. The van der Waals surface area contributed by atoms with E-state index in [1.165, 1.54) is 70.9 Å². The van der Waals surface area contributed by atoms with Crippen LogP contribution in [0.4, 0.5) is 0 Å². The molecule has 4 fully saturated rings. The van der Waals surface area contributed by atoms with E-state index in [0.717, 1.165) is 30.4 Å². The highest BCUT2D eigenvalue weighted by Gasteiger charge is 2.39. The fourth-order valence-corrected chi connectivity index (χ4v) is 5.80. The predicted molar refractivity (Wildman–Crippen MR) is 111 cm³/mol. The van der Waals surface area contributed by atoms with Gasteiger partial charge in [0.25, 0.3) is 0 Å². The zero-order chi connectivity index (χ0) is 17.1. The van der Waals surface area contributed by atoms with Gasteiger partial charge >= 0.3 is 0 Å². The van der Waals surface area contributed by atoms with Crippen LogP contribution in [0.15, 0.2) is 30.3 Å². The van der Waals surface area contributed by atoms with Gasteiger partial charge in [-0.25, -0.2) is 0 Å². The van der Waals surface area contributed by atoms with E-state index < -0.39 is 5.60 Å². The first-order valence-corrected chi connectivity index (χ1v) is 10.7. The van der Waals surface area contributed by atoms with E-state index in [1.807, 2.05) is 0 Å². The summed E-state index contributed by atoms with van der Waals surface area (Å²) < 4.78 is 0. The zero-order valence-corrected chi connectivity index (χ0v) is 16.9. The van der Waals surface area contributed by atoms with Crippen molar-refractivity contribution in [3.63, 3.8) is 0 Å². The Bertz CT molecular complexity index is 522. The van der Waals surface area contributed by atoms with Crippen LogP contribution in [0.2, 0.25) is 0 Å². The molecule has 2 bridgehead atoms. The van der Waals surface area contributed by atoms with Gasteiger partial charge < -0.3 is 10.0 Å². The number of halogens is 1. The molecule has 2 saturated heterocycles. The third-order valence-electron chi connectivity index (χ3n) is 7.36. The Morgan fingerprint density at radius 1 is 0.846 bits per heavy atom. The van der Waals surface area contributed by atoms with Crippen molar-refractivity contribution in [1.29, 1.82) is 0 Å². The molecule has 1 unspecified atom stereocenters. The van der Waals surface area contributed by atoms with Crippen molar-refractivity contribution in [3.05, 3.63) is 35.9 Å². The summed E-state index contributed by atoms with van der Waals surface area (Å²) in [7, 11) is 0. The fraction of sp³-hybridized carbons (Fsp3) is 0.739. The number of benzene rings is 1. The number of hydrogen-bond donors (Lipinski definition) is 1. The van der Waals surface area contributed by atoms with Gasteiger partial charge in [0.05, 0.1) is 5.60 Å². The minimum Gasteiger partial charge on any atom is -0.385 e. The topological polar surface area (TPSA) is 23.5 Å². The van der Waals surface area contributed by atoms with Crippen molar-refractivity contribution in [3.8, 4) is 0 Å². The third kappa shape index (κ3) is 4.46. The summed E-state index contributed by atoms with van der Waals surface area (Å²) in [5.74, 6) is 2.27. The molecule has 2 heterocycles. The van der Waals surface area contributed by atoms with E-state index in [2.05, 4.69) is 35.2 Å². The predicted octanol–water partition coefficient (Wildman–Crippen LogP) is 5.39. The number of hydrogen-bond acceptors (Lipinski definition) is 2. The Hall–Kier alpha value is -0.570. The highest BCUT2D eigenvalue weighted by atomic mass is 35.5. The average molecular weight is 378 g/mol. The maximum Gasteiger partial charge on any atom is 0.0936 e. The molecule has 4 aliphatic rings. The summed E-state index contributed by atoms with van der Waals surface area (Å²) in [6, 6.07) is 10.6. The molecule has 1 aromatic rings. The lowest BCUT2D eigenvalue weighted by Gasteiger charge is -2.40. The van der Waals surface area contributed by atoms with Crippen molar-refractivity contribution in [1.82, 2.24) is 4.90 Å². The fourth-order valence-electron chi connectivity index (χ4n) is 5.80. The molecule has 26 heavy (non-hydrogen) atoms. The number of fused-ring (bicyclic) bond motifs is 4. The Morgan fingerprint density at radius 2 is 1.42 bits per heavy atom. The lowest BCUT2D eigenvalue weighted by molar-refractivity contribution is -0.0525. The molecule has 2 saturated carbocycles. The van der Waals surface area contributed by atoms with Gasteiger partial charge in [0, 0.05) is 19.6 Å². The lowest BCUT2D eigenvalue weighted by Crippen LogP contribution is -2.41. The maximum absolute atomic E-state index is 11.8. The third-order valence-corrected chi connectivity index (χ3v) is 7.36. The summed E-state index contributed by atoms with van der Waals surface area (Å²) in [4.78, 5) is 2.69. The first-order valence-electron chi connectivity index (χ1n) is 10.7. The van der Waals surface area contributed by atoms with Crippen LogP contribution >= 0.6 is 12.4 Å². The highest BCUT2D eigenvalue weighted by Crippen LogP contribution is 2.42. The molecule has 2 nitrogen and oxygen atoms in total. The Labute approximate surface area is 165 Å². The number of aliphatic hydroxyl groups is 1. The largest absolute Gasteiger partial charge is 0.385 e. The van der Waals surface area contributed by atoms with Gasteiger partial charge in [0.15, 0.2) is 0 Å². The van der Waals surface area contributed by atoms with Crippen LogP contribution in [0.1, 0.15) is 69.8 Å². The first kappa shape index (κ1) is 20.2. The minimum atomic E-state index is -0.632. The van der Waals surface area contributed by atoms with Gasteiger partial charge in [-0.2, -0.15) is 0 Å². The van der Waals surface area contributed by atoms with E-state index in [0.29, 0.717) is 5.92 Å². The molecule has 3 heteroatoms. The molecule has 1 N–H and O–H groups in total. The molecular weight excluding hydrogens is 342 g/mol. The van der Waals surface area contributed by atoms with E-state index in [4.69, 9.17) is 0 Å². The van der Waals surface area contributed by atoms with Crippen molar-refractivity contribution in [2.75, 3.05) is 19.6 Å². The highest BCUT2D eigenvalue weighted by molar-refractivity contribution is 5.85. The van der Waals surface area contributed by atoms with Gasteiger partial charge in [0.2, 0.25) is 0 Å². The Morgan fingerprint density at radius 3 is 2.00 bits per heavy atom. The van der Waals surface area contributed by atoms with Crippen LogP contribution in [-0.2, 0) is 5.60 Å².